The summed E-state index contributed by atoms with van der Waals surface area (Å²) in [5, 5.41) is 3.83. The summed E-state index contributed by atoms with van der Waals surface area (Å²) in [6.07, 6.45) is 2.51. The van der Waals surface area contributed by atoms with Gasteiger partial charge in [-0.05, 0) is 22.7 Å². The summed E-state index contributed by atoms with van der Waals surface area (Å²) in [7, 11) is 0. The lowest BCUT2D eigenvalue weighted by Gasteiger charge is -2.32. The Hall–Kier alpha value is -2.79. The van der Waals surface area contributed by atoms with Gasteiger partial charge < -0.3 is 14.2 Å². The number of hydrogen-bond acceptors (Lipinski definition) is 4. The van der Waals surface area contributed by atoms with E-state index in [9.17, 15) is 0 Å². The highest BCUT2D eigenvalue weighted by Gasteiger charge is 2.33. The minimum absolute atomic E-state index is 0.343. The van der Waals surface area contributed by atoms with Crippen LogP contribution in [-0.2, 0) is 27.4 Å². The number of rotatable bonds is 8. The smallest absolute Gasteiger partial charge is 0.148 e. The number of ether oxygens (including phenoxy) is 3. The SMILES string of the molecule is [N-]=[N+]=N[C@@H]1C=CO[C@H](COCc2ccccc2)[C@H]1OCc1ccccc1. The Bertz CT molecular complexity index is 745. The van der Waals surface area contributed by atoms with Crippen LogP contribution in [-0.4, -0.2) is 24.9 Å². The second-order valence-corrected chi connectivity index (χ2v) is 5.96. The predicted molar refractivity (Wildman–Crippen MR) is 98.1 cm³/mol. The van der Waals surface area contributed by atoms with Gasteiger partial charge in [0.05, 0.1) is 32.1 Å². The van der Waals surface area contributed by atoms with E-state index in [1.165, 1.54) is 0 Å². The van der Waals surface area contributed by atoms with Crippen LogP contribution in [0.25, 0.3) is 10.4 Å². The fourth-order valence-electron chi connectivity index (χ4n) is 2.77. The molecule has 0 amide bonds. The minimum atomic E-state index is -0.428. The maximum absolute atomic E-state index is 8.83. The standard InChI is InChI=1S/C20H21N3O3/c21-23-22-18-11-12-25-19(15-24-13-16-7-3-1-4-8-16)20(18)26-14-17-9-5-2-6-10-17/h1-12,18-20H,13-15H2/t18-,19-,20+/m1/s1. The number of benzene rings is 2. The summed E-state index contributed by atoms with van der Waals surface area (Å²) in [5.41, 5.74) is 11.0. The molecule has 2 aromatic rings. The van der Waals surface area contributed by atoms with Gasteiger partial charge in [0.15, 0.2) is 0 Å². The van der Waals surface area contributed by atoms with E-state index in [1.807, 2.05) is 60.7 Å². The molecule has 0 bridgehead atoms. The lowest BCUT2D eigenvalue weighted by molar-refractivity contribution is -0.0975. The van der Waals surface area contributed by atoms with Gasteiger partial charge in [-0.3, -0.25) is 0 Å². The average Bonchev–Trinajstić information content (AvgIpc) is 2.69. The summed E-state index contributed by atoms with van der Waals surface area (Å²) in [6, 6.07) is 19.4. The number of azide groups is 1. The zero-order valence-electron chi connectivity index (χ0n) is 14.3. The van der Waals surface area contributed by atoms with E-state index >= 15 is 0 Å². The third-order valence-corrected chi connectivity index (χ3v) is 4.10. The molecule has 6 nitrogen and oxygen atoms in total. The van der Waals surface area contributed by atoms with Gasteiger partial charge in [0, 0.05) is 4.91 Å². The molecule has 0 aliphatic carbocycles. The van der Waals surface area contributed by atoms with E-state index in [0.717, 1.165) is 11.1 Å². The zero-order valence-corrected chi connectivity index (χ0v) is 14.3. The Morgan fingerprint density at radius 1 is 0.962 bits per heavy atom. The van der Waals surface area contributed by atoms with Crippen molar-refractivity contribution in [2.75, 3.05) is 6.61 Å². The monoisotopic (exact) mass is 351 g/mol. The Kier molecular flexibility index (Phi) is 6.67. The van der Waals surface area contributed by atoms with Gasteiger partial charge in [-0.1, -0.05) is 65.8 Å². The Morgan fingerprint density at radius 3 is 2.27 bits per heavy atom. The van der Waals surface area contributed by atoms with Gasteiger partial charge in [-0.25, -0.2) is 0 Å². The first-order valence-electron chi connectivity index (χ1n) is 8.50. The molecule has 3 atom stereocenters. The molecule has 134 valence electrons. The van der Waals surface area contributed by atoms with Crippen molar-refractivity contribution in [3.63, 3.8) is 0 Å². The summed E-state index contributed by atoms with van der Waals surface area (Å²) in [4.78, 5) is 2.92. The number of nitrogens with zero attached hydrogens (tertiary/aromatic N) is 3. The van der Waals surface area contributed by atoms with Gasteiger partial charge in [0.2, 0.25) is 0 Å². The topological polar surface area (TPSA) is 76.5 Å². The van der Waals surface area contributed by atoms with Crippen LogP contribution < -0.4 is 0 Å². The lowest BCUT2D eigenvalue weighted by Crippen LogP contribution is -2.43. The van der Waals surface area contributed by atoms with Crippen molar-refractivity contribution in [2.45, 2.75) is 31.5 Å². The van der Waals surface area contributed by atoms with Crippen molar-refractivity contribution in [2.24, 2.45) is 5.11 Å². The van der Waals surface area contributed by atoms with Crippen LogP contribution in [0.15, 0.2) is 78.1 Å². The lowest BCUT2D eigenvalue weighted by atomic mass is 10.0. The van der Waals surface area contributed by atoms with Crippen LogP contribution in [0.1, 0.15) is 11.1 Å². The van der Waals surface area contributed by atoms with Gasteiger partial charge in [-0.2, -0.15) is 0 Å². The van der Waals surface area contributed by atoms with Crippen LogP contribution in [0.4, 0.5) is 0 Å². The van der Waals surface area contributed by atoms with E-state index < -0.39 is 12.1 Å². The molecule has 1 aliphatic heterocycles. The van der Waals surface area contributed by atoms with Gasteiger partial charge in [-0.15, -0.1) is 0 Å². The summed E-state index contributed by atoms with van der Waals surface area (Å²) < 4.78 is 17.5. The molecule has 0 saturated carbocycles. The first-order valence-corrected chi connectivity index (χ1v) is 8.50. The molecule has 3 rings (SSSR count). The van der Waals surface area contributed by atoms with Gasteiger partial charge in [0.1, 0.15) is 12.2 Å². The van der Waals surface area contributed by atoms with Gasteiger partial charge in [0.25, 0.3) is 0 Å². The highest BCUT2D eigenvalue weighted by atomic mass is 16.6. The fourth-order valence-corrected chi connectivity index (χ4v) is 2.77. The van der Waals surface area contributed by atoms with E-state index in [-0.39, 0.29) is 6.10 Å². The maximum atomic E-state index is 8.83. The molecule has 6 heteroatoms. The first kappa shape index (κ1) is 18.0. The van der Waals surface area contributed by atoms with E-state index in [2.05, 4.69) is 10.0 Å². The Labute approximate surface area is 152 Å². The minimum Gasteiger partial charge on any atom is -0.493 e. The van der Waals surface area contributed by atoms with Crippen molar-refractivity contribution >= 4 is 0 Å². The molecule has 0 radical (unpaired) electrons. The van der Waals surface area contributed by atoms with E-state index in [1.54, 1.807) is 12.3 Å². The van der Waals surface area contributed by atoms with E-state index in [4.69, 9.17) is 19.7 Å². The molecule has 0 spiro atoms. The molecule has 1 heterocycles. The summed E-state index contributed by atoms with van der Waals surface area (Å²) in [5.74, 6) is 0. The first-order chi connectivity index (χ1) is 12.9. The maximum Gasteiger partial charge on any atom is 0.148 e. The second-order valence-electron chi connectivity index (χ2n) is 5.96. The zero-order chi connectivity index (χ0) is 18.0. The van der Waals surface area contributed by atoms with Crippen molar-refractivity contribution in [3.05, 3.63) is 94.6 Å². The molecule has 0 aromatic heterocycles. The van der Waals surface area contributed by atoms with Crippen LogP contribution in [0, 0.1) is 0 Å². The highest BCUT2D eigenvalue weighted by Crippen LogP contribution is 2.21. The Balaban J connectivity index is 1.61. The molecule has 0 N–H and O–H groups in total. The van der Waals surface area contributed by atoms with Crippen LogP contribution in [0.5, 0.6) is 0 Å². The third-order valence-electron chi connectivity index (χ3n) is 4.10. The summed E-state index contributed by atoms with van der Waals surface area (Å²) >= 11 is 0. The molecule has 0 fully saturated rings. The van der Waals surface area contributed by atoms with Crippen LogP contribution in [0.2, 0.25) is 0 Å². The van der Waals surface area contributed by atoms with Gasteiger partial charge >= 0.3 is 0 Å². The molecule has 0 saturated heterocycles. The quantitative estimate of drug-likeness (QED) is 0.402. The number of hydrogen-bond donors (Lipinski definition) is 0. The van der Waals surface area contributed by atoms with Crippen molar-refractivity contribution < 1.29 is 14.2 Å². The second kappa shape index (κ2) is 9.63. The molecule has 0 unspecified atom stereocenters. The third kappa shape index (κ3) is 5.10. The normalized spacial score (nSPS) is 21.6. The van der Waals surface area contributed by atoms with Crippen LogP contribution >= 0.6 is 0 Å². The molecule has 2 aromatic carbocycles. The van der Waals surface area contributed by atoms with Crippen molar-refractivity contribution in [3.8, 4) is 0 Å². The van der Waals surface area contributed by atoms with Crippen molar-refractivity contribution in [1.82, 2.24) is 0 Å². The molecular formula is C20H21N3O3. The summed E-state index contributed by atoms with van der Waals surface area (Å²) in [6.45, 7) is 1.24. The fraction of sp³-hybridized carbons (Fsp3) is 0.300. The molecular weight excluding hydrogens is 330 g/mol. The molecule has 26 heavy (non-hydrogen) atoms. The van der Waals surface area contributed by atoms with Crippen molar-refractivity contribution in [1.29, 1.82) is 0 Å². The highest BCUT2D eigenvalue weighted by molar-refractivity contribution is 5.14. The average molecular weight is 351 g/mol. The van der Waals surface area contributed by atoms with E-state index in [0.29, 0.717) is 19.8 Å². The predicted octanol–water partition coefficient (Wildman–Crippen LogP) is 4.38. The Morgan fingerprint density at radius 2 is 1.62 bits per heavy atom. The largest absolute Gasteiger partial charge is 0.493 e. The van der Waals surface area contributed by atoms with Crippen LogP contribution in [0.3, 0.4) is 0 Å². The molecule has 1 aliphatic rings.